The summed E-state index contributed by atoms with van der Waals surface area (Å²) in [7, 11) is 1.53. The Labute approximate surface area is 141 Å². The Balaban J connectivity index is 2.07. The average Bonchev–Trinajstić information content (AvgIpc) is 2.55. The first kappa shape index (κ1) is 17.9. The smallest absolute Gasteiger partial charge is 0.321 e. The summed E-state index contributed by atoms with van der Waals surface area (Å²) in [6.45, 7) is 5.12. The van der Waals surface area contributed by atoms with E-state index in [0.29, 0.717) is 36.8 Å². The predicted octanol–water partition coefficient (Wildman–Crippen LogP) is 2.67. The van der Waals surface area contributed by atoms with Gasteiger partial charge >= 0.3 is 12.0 Å². The number of hydrogen-bond acceptors (Lipinski definition) is 4. The van der Waals surface area contributed by atoms with Gasteiger partial charge in [-0.3, -0.25) is 4.79 Å². The van der Waals surface area contributed by atoms with Crippen molar-refractivity contribution in [3.63, 3.8) is 0 Å². The molecule has 2 atom stereocenters. The number of nitrogens with one attached hydrogen (secondary N) is 1. The van der Waals surface area contributed by atoms with Gasteiger partial charge in [0.15, 0.2) is 11.5 Å². The van der Waals surface area contributed by atoms with Crippen molar-refractivity contribution < 1.29 is 24.2 Å². The molecule has 0 spiro atoms. The molecule has 1 aromatic carbocycles. The van der Waals surface area contributed by atoms with Crippen LogP contribution in [-0.2, 0) is 4.79 Å². The van der Waals surface area contributed by atoms with E-state index in [1.165, 1.54) is 7.11 Å². The molecule has 0 bridgehead atoms. The Morgan fingerprint density at radius 1 is 1.33 bits per heavy atom. The van der Waals surface area contributed by atoms with Crippen molar-refractivity contribution >= 4 is 17.7 Å². The molecule has 0 saturated carbocycles. The lowest BCUT2D eigenvalue weighted by Crippen LogP contribution is -2.47. The Bertz CT molecular complexity index is 605. The number of ether oxygens (including phenoxy) is 2. The number of carbonyl (C=O) groups is 2. The molecule has 7 heteroatoms. The van der Waals surface area contributed by atoms with Crippen molar-refractivity contribution in [1.29, 1.82) is 0 Å². The first-order chi connectivity index (χ1) is 11.4. The van der Waals surface area contributed by atoms with Gasteiger partial charge in [-0.15, -0.1) is 0 Å². The number of rotatable bonds is 5. The van der Waals surface area contributed by atoms with Crippen LogP contribution in [0.15, 0.2) is 18.2 Å². The number of anilines is 1. The zero-order chi connectivity index (χ0) is 17.7. The molecule has 2 unspecified atom stereocenters. The van der Waals surface area contributed by atoms with Crippen molar-refractivity contribution in [3.05, 3.63) is 18.2 Å². The lowest BCUT2D eigenvalue weighted by molar-refractivity contribution is -0.143. The SMILES string of the molecule is CCOc1ccc(NC(=O)N2CC(C)CC(C(=O)O)C2)cc1OC. The van der Waals surface area contributed by atoms with Gasteiger partial charge < -0.3 is 24.8 Å². The van der Waals surface area contributed by atoms with E-state index in [4.69, 9.17) is 9.47 Å². The van der Waals surface area contributed by atoms with Crippen LogP contribution in [0.2, 0.25) is 0 Å². The first-order valence-electron chi connectivity index (χ1n) is 8.04. The quantitative estimate of drug-likeness (QED) is 0.863. The molecule has 2 N–H and O–H groups in total. The van der Waals surface area contributed by atoms with Gasteiger partial charge in [-0.1, -0.05) is 6.92 Å². The van der Waals surface area contributed by atoms with Crippen LogP contribution in [0.5, 0.6) is 11.5 Å². The Hall–Kier alpha value is -2.44. The van der Waals surface area contributed by atoms with Crippen molar-refractivity contribution in [1.82, 2.24) is 4.90 Å². The number of carbonyl (C=O) groups excluding carboxylic acids is 1. The highest BCUT2D eigenvalue weighted by Gasteiger charge is 2.31. The third-order valence-corrected chi connectivity index (χ3v) is 4.01. The molecule has 1 fully saturated rings. The molecule has 1 aliphatic heterocycles. The van der Waals surface area contributed by atoms with E-state index in [9.17, 15) is 14.7 Å². The van der Waals surface area contributed by atoms with Crippen LogP contribution in [0.1, 0.15) is 20.3 Å². The van der Waals surface area contributed by atoms with E-state index < -0.39 is 11.9 Å². The third-order valence-electron chi connectivity index (χ3n) is 4.01. The molecule has 2 rings (SSSR count). The Kier molecular flexibility index (Phi) is 5.89. The Morgan fingerprint density at radius 3 is 2.71 bits per heavy atom. The monoisotopic (exact) mass is 336 g/mol. The number of amides is 2. The summed E-state index contributed by atoms with van der Waals surface area (Å²) in [5, 5.41) is 12.0. The van der Waals surface area contributed by atoms with Crippen LogP contribution in [0.25, 0.3) is 0 Å². The summed E-state index contributed by atoms with van der Waals surface area (Å²) >= 11 is 0. The molecule has 7 nitrogen and oxygen atoms in total. The Morgan fingerprint density at radius 2 is 2.08 bits per heavy atom. The van der Waals surface area contributed by atoms with E-state index in [1.807, 2.05) is 13.8 Å². The minimum absolute atomic E-state index is 0.153. The zero-order valence-corrected chi connectivity index (χ0v) is 14.2. The molecule has 24 heavy (non-hydrogen) atoms. The molecular formula is C17H24N2O5. The molecule has 132 valence electrons. The van der Waals surface area contributed by atoms with Gasteiger partial charge in [0, 0.05) is 24.8 Å². The average molecular weight is 336 g/mol. The molecule has 1 heterocycles. The maximum atomic E-state index is 12.4. The van der Waals surface area contributed by atoms with Gasteiger partial charge in [0.1, 0.15) is 0 Å². The number of benzene rings is 1. The number of urea groups is 1. The maximum absolute atomic E-state index is 12.4. The predicted molar refractivity (Wildman–Crippen MR) is 89.7 cm³/mol. The lowest BCUT2D eigenvalue weighted by Gasteiger charge is -2.34. The molecule has 0 aliphatic carbocycles. The number of carboxylic acid groups (broad SMARTS) is 1. The summed E-state index contributed by atoms with van der Waals surface area (Å²) in [6.07, 6.45) is 0.593. The fourth-order valence-corrected chi connectivity index (χ4v) is 2.92. The van der Waals surface area contributed by atoms with Crippen LogP contribution >= 0.6 is 0 Å². The van der Waals surface area contributed by atoms with Gasteiger partial charge in [-0.25, -0.2) is 4.79 Å². The minimum Gasteiger partial charge on any atom is -0.493 e. The second-order valence-corrected chi connectivity index (χ2v) is 6.01. The minimum atomic E-state index is -0.859. The van der Waals surface area contributed by atoms with Gasteiger partial charge in [0.2, 0.25) is 0 Å². The van der Waals surface area contributed by atoms with Crippen molar-refractivity contribution in [2.45, 2.75) is 20.3 Å². The number of carboxylic acids is 1. The number of nitrogens with zero attached hydrogens (tertiary/aromatic N) is 1. The second kappa shape index (κ2) is 7.90. The normalized spacial score (nSPS) is 20.4. The third kappa shape index (κ3) is 4.31. The van der Waals surface area contributed by atoms with E-state index in [0.717, 1.165) is 0 Å². The van der Waals surface area contributed by atoms with Gasteiger partial charge in [0.05, 0.1) is 19.6 Å². The van der Waals surface area contributed by atoms with Crippen LogP contribution in [0.4, 0.5) is 10.5 Å². The van der Waals surface area contributed by atoms with Crippen LogP contribution in [0, 0.1) is 11.8 Å². The highest BCUT2D eigenvalue weighted by molar-refractivity contribution is 5.90. The largest absolute Gasteiger partial charge is 0.493 e. The highest BCUT2D eigenvalue weighted by Crippen LogP contribution is 2.30. The second-order valence-electron chi connectivity index (χ2n) is 6.01. The van der Waals surface area contributed by atoms with E-state index >= 15 is 0 Å². The molecular weight excluding hydrogens is 312 g/mol. The highest BCUT2D eigenvalue weighted by atomic mass is 16.5. The summed E-state index contributed by atoms with van der Waals surface area (Å²) in [4.78, 5) is 25.2. The molecule has 1 saturated heterocycles. The lowest BCUT2D eigenvalue weighted by atomic mass is 9.91. The molecule has 1 aliphatic rings. The molecule has 0 aromatic heterocycles. The number of methoxy groups -OCH3 is 1. The van der Waals surface area contributed by atoms with Crippen molar-refractivity contribution in [2.24, 2.45) is 11.8 Å². The van der Waals surface area contributed by atoms with Crippen molar-refractivity contribution in [3.8, 4) is 11.5 Å². The number of likely N-dealkylation sites (tertiary alicyclic amines) is 1. The fraction of sp³-hybridized carbons (Fsp3) is 0.529. The standard InChI is InChI=1S/C17H24N2O5/c1-4-24-14-6-5-13(8-15(14)23-3)18-17(22)19-9-11(2)7-12(10-19)16(20)21/h5-6,8,11-12H,4,7,9-10H2,1-3H3,(H,18,22)(H,20,21). The summed E-state index contributed by atoms with van der Waals surface area (Å²) in [5.74, 6) is -0.0856. The van der Waals surface area contributed by atoms with Gasteiger partial charge in [-0.2, -0.15) is 0 Å². The van der Waals surface area contributed by atoms with Crippen LogP contribution in [-0.4, -0.2) is 48.8 Å². The van der Waals surface area contributed by atoms with Gasteiger partial charge in [0.25, 0.3) is 0 Å². The van der Waals surface area contributed by atoms with E-state index in [-0.39, 0.29) is 18.5 Å². The van der Waals surface area contributed by atoms with Crippen molar-refractivity contribution in [2.75, 3.05) is 32.1 Å². The number of aliphatic carboxylic acids is 1. The van der Waals surface area contributed by atoms with Crippen LogP contribution < -0.4 is 14.8 Å². The summed E-state index contributed by atoms with van der Waals surface area (Å²) in [6, 6.07) is 4.84. The molecule has 0 radical (unpaired) electrons. The van der Waals surface area contributed by atoms with Crippen LogP contribution in [0.3, 0.4) is 0 Å². The van der Waals surface area contributed by atoms with Gasteiger partial charge in [-0.05, 0) is 31.4 Å². The fourth-order valence-electron chi connectivity index (χ4n) is 2.92. The molecule has 1 aromatic rings. The molecule has 2 amide bonds. The summed E-state index contributed by atoms with van der Waals surface area (Å²) < 4.78 is 10.7. The first-order valence-corrected chi connectivity index (χ1v) is 8.04. The summed E-state index contributed by atoms with van der Waals surface area (Å²) in [5.41, 5.74) is 0.574. The topological polar surface area (TPSA) is 88.1 Å². The zero-order valence-electron chi connectivity index (χ0n) is 14.2. The number of piperidine rings is 1. The number of hydrogen-bond donors (Lipinski definition) is 2. The maximum Gasteiger partial charge on any atom is 0.321 e. The van der Waals surface area contributed by atoms with E-state index in [2.05, 4.69) is 5.32 Å². The van der Waals surface area contributed by atoms with E-state index in [1.54, 1.807) is 23.1 Å².